The zero-order chi connectivity index (χ0) is 31.4. The maximum atomic E-state index is 14.1. The van der Waals surface area contributed by atoms with Gasteiger partial charge in [0.15, 0.2) is 17.2 Å². The molecule has 1 aromatic heterocycles. The average molecular weight is 594 g/mol. The van der Waals surface area contributed by atoms with E-state index < -0.39 is 5.91 Å². The minimum atomic E-state index is -0.921. The number of methoxy groups -OCH3 is 2. The van der Waals surface area contributed by atoms with Crippen molar-refractivity contribution < 1.29 is 24.2 Å². The Hall–Kier alpha value is -4.75. The van der Waals surface area contributed by atoms with Gasteiger partial charge in [0.25, 0.3) is 5.91 Å². The summed E-state index contributed by atoms with van der Waals surface area (Å²) in [4.78, 5) is 31.8. The summed E-state index contributed by atoms with van der Waals surface area (Å²) in [5, 5.41) is 11.0. The van der Waals surface area contributed by atoms with Gasteiger partial charge in [-0.1, -0.05) is 17.7 Å². The largest absolute Gasteiger partial charge is 0.493 e. The van der Waals surface area contributed by atoms with Crippen LogP contribution >= 0.6 is 0 Å². The fourth-order valence-electron chi connectivity index (χ4n) is 5.30. The van der Waals surface area contributed by atoms with E-state index in [-0.39, 0.29) is 30.4 Å². The van der Waals surface area contributed by atoms with Gasteiger partial charge >= 0.3 is 5.69 Å². The molecule has 230 valence electrons. The molecule has 13 nitrogen and oxygen atoms in total. The first-order chi connectivity index (χ1) is 20.5. The Morgan fingerprint density at radius 3 is 2.42 bits per heavy atom. The van der Waals surface area contributed by atoms with Crippen LogP contribution < -0.4 is 37.7 Å². The van der Waals surface area contributed by atoms with Gasteiger partial charge < -0.3 is 25.4 Å². The van der Waals surface area contributed by atoms with E-state index in [0.29, 0.717) is 47.3 Å². The fourth-order valence-corrected chi connectivity index (χ4v) is 5.30. The third-order valence-corrected chi connectivity index (χ3v) is 7.32. The normalized spacial score (nSPS) is 13.1. The Morgan fingerprint density at radius 1 is 1.12 bits per heavy atom. The highest BCUT2D eigenvalue weighted by atomic mass is 16.5. The molecule has 0 saturated heterocycles. The molecule has 2 aromatic carbocycles. The lowest BCUT2D eigenvalue weighted by molar-refractivity contribution is -0.162. The van der Waals surface area contributed by atoms with Gasteiger partial charge in [0, 0.05) is 24.7 Å². The number of nitrogens with zero attached hydrogens (tertiary/aromatic N) is 4. The molecule has 3 aromatic rings. The lowest BCUT2D eigenvalue weighted by Crippen LogP contribution is -2.45. The molecule has 0 fully saturated rings. The topological polar surface area (TPSA) is 172 Å². The minimum absolute atomic E-state index is 0.0751. The van der Waals surface area contributed by atoms with Crippen LogP contribution in [0.1, 0.15) is 29.2 Å². The van der Waals surface area contributed by atoms with Gasteiger partial charge in [0.1, 0.15) is 5.49 Å². The van der Waals surface area contributed by atoms with E-state index in [1.54, 1.807) is 11.7 Å². The van der Waals surface area contributed by atoms with Gasteiger partial charge in [-0.05, 0) is 62.9 Å². The zero-order valence-corrected chi connectivity index (χ0v) is 25.4. The number of hydrogen-bond donors (Lipinski definition) is 4. The maximum Gasteiger partial charge on any atom is 0.330 e. The summed E-state index contributed by atoms with van der Waals surface area (Å²) in [5.41, 5.74) is 13.8. The Labute approximate surface area is 249 Å². The lowest BCUT2D eigenvalue weighted by atomic mass is 9.97. The van der Waals surface area contributed by atoms with Crippen molar-refractivity contribution in [2.75, 3.05) is 27.4 Å². The standard InChI is InChI=1S/C30H39N7O6/c1-7-43-24-14-20-8-9-35-22(21(20)15-23(24)41-5)16-25(33-26-18(3)12-17(2)13-19(26)4)36(30(35)39)10-11-37(40)29(38)27(34-32)28(31)42-6/h12-16,34,40H,7-11,31-32H2,1-6H3/b28-27+,33-25+. The van der Waals surface area contributed by atoms with Gasteiger partial charge in [0.2, 0.25) is 5.88 Å². The number of rotatable bonds is 10. The summed E-state index contributed by atoms with van der Waals surface area (Å²) in [7, 11) is 2.84. The second kappa shape index (κ2) is 13.0. The number of benzene rings is 2. The average Bonchev–Trinajstić information content (AvgIpc) is 2.98. The summed E-state index contributed by atoms with van der Waals surface area (Å²) < 4.78 is 19.3. The highest BCUT2D eigenvalue weighted by Gasteiger charge is 2.24. The van der Waals surface area contributed by atoms with Crippen molar-refractivity contribution in [3.63, 3.8) is 0 Å². The Bertz CT molecular complexity index is 1680. The molecule has 1 aliphatic heterocycles. The predicted molar refractivity (Wildman–Crippen MR) is 160 cm³/mol. The van der Waals surface area contributed by atoms with Crippen LogP contribution in [0.15, 0.2) is 51.7 Å². The van der Waals surface area contributed by atoms with E-state index >= 15 is 0 Å². The van der Waals surface area contributed by atoms with Gasteiger partial charge in [0.05, 0.1) is 38.8 Å². The third kappa shape index (κ3) is 6.22. The molecule has 0 unspecified atom stereocenters. The molecule has 0 radical (unpaired) electrons. The molecule has 13 heteroatoms. The zero-order valence-electron chi connectivity index (χ0n) is 25.4. The number of nitrogens with one attached hydrogen (secondary N) is 1. The lowest BCUT2D eigenvalue weighted by Gasteiger charge is -2.25. The van der Waals surface area contributed by atoms with Crippen LogP contribution in [-0.4, -0.2) is 52.7 Å². The monoisotopic (exact) mass is 593 g/mol. The summed E-state index contributed by atoms with van der Waals surface area (Å²) in [5.74, 6) is 5.40. The first-order valence-corrected chi connectivity index (χ1v) is 13.9. The predicted octanol–water partition coefficient (Wildman–Crippen LogP) is 1.89. The second-order valence-electron chi connectivity index (χ2n) is 10.2. The number of carbonyl (C=O) groups is 1. The summed E-state index contributed by atoms with van der Waals surface area (Å²) in [6, 6.07) is 9.73. The Kier molecular flexibility index (Phi) is 9.46. The van der Waals surface area contributed by atoms with Crippen molar-refractivity contribution in [2.45, 2.75) is 47.2 Å². The molecule has 2 heterocycles. The SMILES string of the molecule is CCOc1cc2c(cc1OC)-c1c/c(=N\c3c(C)cc(C)cc3C)n(CCN(O)C(=O)/C(NN)=C(/N)OC)c(=O)n1CC2. The van der Waals surface area contributed by atoms with Crippen molar-refractivity contribution in [1.29, 1.82) is 0 Å². The molecular formula is C30H39N7O6. The molecule has 43 heavy (non-hydrogen) atoms. The van der Waals surface area contributed by atoms with E-state index in [1.165, 1.54) is 11.7 Å². The number of hydroxylamine groups is 2. The van der Waals surface area contributed by atoms with E-state index in [0.717, 1.165) is 33.5 Å². The van der Waals surface area contributed by atoms with Crippen molar-refractivity contribution in [3.05, 3.63) is 80.1 Å². The summed E-state index contributed by atoms with van der Waals surface area (Å²) >= 11 is 0. The summed E-state index contributed by atoms with van der Waals surface area (Å²) in [6.45, 7) is 8.41. The molecule has 6 N–H and O–H groups in total. The highest BCUT2D eigenvalue weighted by Crippen LogP contribution is 2.37. The van der Waals surface area contributed by atoms with Crippen molar-refractivity contribution in [3.8, 4) is 22.8 Å². The van der Waals surface area contributed by atoms with Gasteiger partial charge in [-0.3, -0.25) is 25.0 Å². The van der Waals surface area contributed by atoms with Crippen LogP contribution in [0, 0.1) is 20.8 Å². The molecule has 0 spiro atoms. The van der Waals surface area contributed by atoms with Crippen molar-refractivity contribution in [1.82, 2.24) is 19.6 Å². The van der Waals surface area contributed by atoms with Gasteiger partial charge in [-0.25, -0.2) is 14.9 Å². The Balaban J connectivity index is 1.89. The minimum Gasteiger partial charge on any atom is -0.493 e. The van der Waals surface area contributed by atoms with E-state index in [1.807, 2.05) is 58.0 Å². The van der Waals surface area contributed by atoms with Crippen molar-refractivity contribution in [2.24, 2.45) is 16.6 Å². The van der Waals surface area contributed by atoms with Crippen LogP contribution in [0.5, 0.6) is 11.5 Å². The molecule has 0 aliphatic carbocycles. The molecular weight excluding hydrogens is 554 g/mol. The molecule has 0 atom stereocenters. The molecule has 1 amide bonds. The number of amides is 1. The van der Waals surface area contributed by atoms with Crippen molar-refractivity contribution >= 4 is 11.6 Å². The maximum absolute atomic E-state index is 14.1. The fraction of sp³-hybridized carbons (Fsp3) is 0.367. The summed E-state index contributed by atoms with van der Waals surface area (Å²) in [6.07, 6.45) is 0.593. The number of nitrogens with two attached hydrogens (primary N) is 2. The second-order valence-corrected chi connectivity index (χ2v) is 10.2. The number of carbonyl (C=O) groups excluding carboxylic acids is 1. The number of hydrazine groups is 1. The number of aromatic nitrogens is 2. The van der Waals surface area contributed by atoms with Gasteiger partial charge in [-0.2, -0.15) is 0 Å². The van der Waals surface area contributed by atoms with Crippen LogP contribution in [0.2, 0.25) is 0 Å². The molecule has 1 aliphatic rings. The number of aryl methyl sites for hydroxylation is 4. The van der Waals surface area contributed by atoms with Crippen LogP contribution in [-0.2, 0) is 29.0 Å². The number of ether oxygens (including phenoxy) is 3. The van der Waals surface area contributed by atoms with Crippen LogP contribution in [0.4, 0.5) is 5.69 Å². The van der Waals surface area contributed by atoms with E-state index in [4.69, 9.17) is 30.8 Å². The molecule has 0 saturated carbocycles. The number of hydrogen-bond acceptors (Lipinski definition) is 10. The van der Waals surface area contributed by atoms with Gasteiger partial charge in [-0.15, -0.1) is 0 Å². The quantitative estimate of drug-likeness (QED) is 0.0901. The first kappa shape index (κ1) is 31.2. The van der Waals surface area contributed by atoms with Crippen LogP contribution in [0.25, 0.3) is 11.3 Å². The first-order valence-electron chi connectivity index (χ1n) is 13.9. The Morgan fingerprint density at radius 2 is 1.81 bits per heavy atom. The van der Waals surface area contributed by atoms with E-state index in [2.05, 4.69) is 5.43 Å². The highest BCUT2D eigenvalue weighted by molar-refractivity contribution is 5.92. The third-order valence-electron chi connectivity index (χ3n) is 7.32. The number of fused-ring (bicyclic) bond motifs is 3. The van der Waals surface area contributed by atoms with Crippen LogP contribution in [0.3, 0.4) is 0 Å². The smallest absolute Gasteiger partial charge is 0.330 e. The molecule has 4 rings (SSSR count). The molecule has 0 bridgehead atoms. The van der Waals surface area contributed by atoms with E-state index in [9.17, 15) is 14.8 Å².